The Bertz CT molecular complexity index is 548. The van der Waals surface area contributed by atoms with E-state index in [2.05, 4.69) is 21.2 Å². The van der Waals surface area contributed by atoms with Crippen LogP contribution in [0.15, 0.2) is 5.03 Å². The van der Waals surface area contributed by atoms with Gasteiger partial charge in [-0.05, 0) is 38.9 Å². The molecule has 1 heterocycles. The Balaban J connectivity index is 2.08. The Morgan fingerprint density at radius 1 is 1.40 bits per heavy atom. The molecule has 0 atom stereocenters. The van der Waals surface area contributed by atoms with Gasteiger partial charge in [0.2, 0.25) is 0 Å². The van der Waals surface area contributed by atoms with Gasteiger partial charge in [-0.2, -0.15) is 16.9 Å². The Labute approximate surface area is 124 Å². The van der Waals surface area contributed by atoms with E-state index in [1.54, 1.807) is 6.92 Å². The molecule has 0 saturated heterocycles. The van der Waals surface area contributed by atoms with E-state index in [4.69, 9.17) is 5.73 Å². The lowest BCUT2D eigenvalue weighted by molar-refractivity contribution is 0.419. The average Bonchev–Trinajstić information content (AvgIpc) is 2.81. The average molecular weight is 318 g/mol. The number of sulfonamides is 1. The Morgan fingerprint density at radius 3 is 2.60 bits per heavy atom. The highest BCUT2D eigenvalue weighted by atomic mass is 32.2. The van der Waals surface area contributed by atoms with Crippen LogP contribution in [0.5, 0.6) is 0 Å². The molecule has 1 aliphatic carbocycles. The molecule has 0 spiro atoms. The summed E-state index contributed by atoms with van der Waals surface area (Å²) >= 11 is 1.86. The first-order valence-electron chi connectivity index (χ1n) is 6.77. The number of aromatic nitrogens is 2. The summed E-state index contributed by atoms with van der Waals surface area (Å²) in [6.45, 7) is 1.94. The summed E-state index contributed by atoms with van der Waals surface area (Å²) in [6, 6.07) is 0.00558. The highest BCUT2D eigenvalue weighted by Gasteiger charge is 2.28. The fraction of sp³-hybridized carbons (Fsp3) is 0.750. The summed E-state index contributed by atoms with van der Waals surface area (Å²) in [5, 5.41) is 7.29. The number of nitrogens with one attached hydrogen (secondary N) is 2. The Hall–Kier alpha value is -0.570. The molecular formula is C12H22N4O2S2. The maximum Gasteiger partial charge on any atom is 0.260 e. The number of nitrogens with zero attached hydrogens (tertiary/aromatic N) is 1. The summed E-state index contributed by atoms with van der Waals surface area (Å²) < 4.78 is 27.5. The molecule has 8 heteroatoms. The van der Waals surface area contributed by atoms with Crippen LogP contribution >= 0.6 is 11.8 Å². The number of hydrogen-bond acceptors (Lipinski definition) is 5. The van der Waals surface area contributed by atoms with Crippen molar-refractivity contribution in [3.8, 4) is 0 Å². The molecule has 1 fully saturated rings. The second-order valence-electron chi connectivity index (χ2n) is 5.17. The second kappa shape index (κ2) is 6.46. The van der Waals surface area contributed by atoms with Gasteiger partial charge in [0.1, 0.15) is 0 Å². The first kappa shape index (κ1) is 15.8. The molecule has 1 aliphatic rings. The van der Waals surface area contributed by atoms with Gasteiger partial charge in [-0.25, -0.2) is 13.1 Å². The zero-order valence-corrected chi connectivity index (χ0v) is 13.5. The van der Waals surface area contributed by atoms with E-state index in [1.807, 2.05) is 11.8 Å². The number of H-pyrrole nitrogens is 1. The van der Waals surface area contributed by atoms with E-state index in [9.17, 15) is 8.42 Å². The molecule has 2 rings (SSSR count). The first-order chi connectivity index (χ1) is 9.47. The van der Waals surface area contributed by atoms with E-state index in [1.165, 1.54) is 0 Å². The minimum Gasteiger partial charge on any atom is -0.326 e. The van der Waals surface area contributed by atoms with Crippen molar-refractivity contribution in [1.29, 1.82) is 0 Å². The molecule has 6 nitrogen and oxygen atoms in total. The molecule has 0 aromatic carbocycles. The lowest BCUT2D eigenvalue weighted by Gasteiger charge is -2.27. The summed E-state index contributed by atoms with van der Waals surface area (Å²) in [4.78, 5) is 0. The fourth-order valence-electron chi connectivity index (χ4n) is 2.58. The zero-order valence-electron chi connectivity index (χ0n) is 11.8. The summed E-state index contributed by atoms with van der Waals surface area (Å²) in [7, 11) is -3.59. The number of nitrogens with two attached hydrogens (primary N) is 1. The standard InChI is InChI=1S/C12H22N4O2S2/c1-8-11(7-13)12(15-14-8)20(17,18)16-9-3-5-10(19-2)6-4-9/h9-10,16H,3-7,13H2,1-2H3,(H,14,15). The third-order valence-corrected chi connectivity index (χ3v) is 6.45. The van der Waals surface area contributed by atoms with E-state index in [-0.39, 0.29) is 17.6 Å². The van der Waals surface area contributed by atoms with E-state index in [0.29, 0.717) is 16.5 Å². The third-order valence-electron chi connectivity index (χ3n) is 3.82. The van der Waals surface area contributed by atoms with Gasteiger partial charge in [0.05, 0.1) is 0 Å². The molecule has 4 N–H and O–H groups in total. The summed E-state index contributed by atoms with van der Waals surface area (Å²) in [6.07, 6.45) is 5.97. The maximum atomic E-state index is 12.4. The quantitative estimate of drug-likeness (QED) is 0.755. The summed E-state index contributed by atoms with van der Waals surface area (Å²) in [5.74, 6) is 0. The van der Waals surface area contributed by atoms with Crippen LogP contribution in [0.4, 0.5) is 0 Å². The van der Waals surface area contributed by atoms with Gasteiger partial charge < -0.3 is 5.73 Å². The van der Waals surface area contributed by atoms with Crippen LogP contribution in [0, 0.1) is 6.92 Å². The van der Waals surface area contributed by atoms with Gasteiger partial charge in [0.15, 0.2) is 5.03 Å². The van der Waals surface area contributed by atoms with Crippen molar-refractivity contribution in [2.24, 2.45) is 5.73 Å². The monoisotopic (exact) mass is 318 g/mol. The Morgan fingerprint density at radius 2 is 2.05 bits per heavy atom. The number of aromatic amines is 1. The highest BCUT2D eigenvalue weighted by Crippen LogP contribution is 2.28. The second-order valence-corrected chi connectivity index (χ2v) is 7.93. The van der Waals surface area contributed by atoms with Crippen LogP contribution in [0.3, 0.4) is 0 Å². The number of hydrogen-bond donors (Lipinski definition) is 3. The molecule has 20 heavy (non-hydrogen) atoms. The Kier molecular flexibility index (Phi) is 5.11. The number of thioether (sulfide) groups is 1. The summed E-state index contributed by atoms with van der Waals surface area (Å²) in [5.41, 5.74) is 6.88. The van der Waals surface area contributed by atoms with Gasteiger partial charge >= 0.3 is 0 Å². The minimum absolute atomic E-state index is 0.00558. The first-order valence-corrected chi connectivity index (χ1v) is 9.54. The molecule has 0 unspecified atom stereocenters. The molecule has 0 aliphatic heterocycles. The molecule has 0 amide bonds. The number of rotatable bonds is 5. The van der Waals surface area contributed by atoms with Crippen LogP contribution in [0.1, 0.15) is 36.9 Å². The highest BCUT2D eigenvalue weighted by molar-refractivity contribution is 7.99. The van der Waals surface area contributed by atoms with Gasteiger partial charge in [-0.15, -0.1) is 0 Å². The predicted octanol–water partition coefficient (Wildman–Crippen LogP) is 1.13. The molecular weight excluding hydrogens is 296 g/mol. The minimum atomic E-state index is -3.59. The van der Waals surface area contributed by atoms with Crippen LogP contribution in [-0.4, -0.2) is 36.2 Å². The lowest BCUT2D eigenvalue weighted by atomic mass is 9.96. The molecule has 0 bridgehead atoms. The predicted molar refractivity (Wildman–Crippen MR) is 81.1 cm³/mol. The van der Waals surface area contributed by atoms with Crippen LogP contribution in [-0.2, 0) is 16.6 Å². The van der Waals surface area contributed by atoms with Crippen molar-refractivity contribution in [3.05, 3.63) is 11.3 Å². The van der Waals surface area contributed by atoms with Crippen molar-refractivity contribution in [2.75, 3.05) is 6.26 Å². The van der Waals surface area contributed by atoms with E-state index < -0.39 is 10.0 Å². The molecule has 1 aromatic rings. The van der Waals surface area contributed by atoms with Crippen LogP contribution < -0.4 is 10.5 Å². The molecule has 0 radical (unpaired) electrons. The van der Waals surface area contributed by atoms with Crippen molar-refractivity contribution >= 4 is 21.8 Å². The van der Waals surface area contributed by atoms with Crippen molar-refractivity contribution < 1.29 is 8.42 Å². The van der Waals surface area contributed by atoms with Gasteiger partial charge in [0.25, 0.3) is 10.0 Å². The van der Waals surface area contributed by atoms with Crippen molar-refractivity contribution in [2.45, 2.75) is 55.5 Å². The van der Waals surface area contributed by atoms with Crippen molar-refractivity contribution in [1.82, 2.24) is 14.9 Å². The smallest absolute Gasteiger partial charge is 0.260 e. The SMILES string of the molecule is CSC1CCC(NS(=O)(=O)c2n[nH]c(C)c2CN)CC1. The van der Waals surface area contributed by atoms with E-state index >= 15 is 0 Å². The molecule has 1 aromatic heterocycles. The normalized spacial score (nSPS) is 23.9. The van der Waals surface area contributed by atoms with Gasteiger partial charge in [-0.1, -0.05) is 0 Å². The van der Waals surface area contributed by atoms with Crippen LogP contribution in [0.2, 0.25) is 0 Å². The fourth-order valence-corrected chi connectivity index (χ4v) is 4.84. The molecule has 1 saturated carbocycles. The number of aryl methyl sites for hydroxylation is 1. The topological polar surface area (TPSA) is 101 Å². The van der Waals surface area contributed by atoms with Gasteiger partial charge in [-0.3, -0.25) is 5.10 Å². The van der Waals surface area contributed by atoms with Gasteiger partial charge in [0, 0.05) is 29.1 Å². The van der Waals surface area contributed by atoms with E-state index in [0.717, 1.165) is 25.7 Å². The zero-order chi connectivity index (χ0) is 14.8. The third kappa shape index (κ3) is 3.36. The largest absolute Gasteiger partial charge is 0.326 e. The lowest BCUT2D eigenvalue weighted by Crippen LogP contribution is -2.38. The maximum absolute atomic E-state index is 12.4. The van der Waals surface area contributed by atoms with Crippen molar-refractivity contribution in [3.63, 3.8) is 0 Å². The molecule has 114 valence electrons. The van der Waals surface area contributed by atoms with Crippen LogP contribution in [0.25, 0.3) is 0 Å².